The van der Waals surface area contributed by atoms with Gasteiger partial charge in [0.05, 0.1) is 10.6 Å². The third-order valence-electron chi connectivity index (χ3n) is 3.90. The molecule has 1 fully saturated rings. The first-order valence-electron chi connectivity index (χ1n) is 7.03. The van der Waals surface area contributed by atoms with Gasteiger partial charge in [0, 0.05) is 43.8 Å². The van der Waals surface area contributed by atoms with Gasteiger partial charge in [-0.3, -0.25) is 4.90 Å². The first kappa shape index (κ1) is 16.7. The van der Waals surface area contributed by atoms with Gasteiger partial charge in [-0.1, -0.05) is 11.6 Å². The minimum absolute atomic E-state index is 0.106. The zero-order chi connectivity index (χ0) is 15.5. The Morgan fingerprint density at radius 1 is 1.29 bits per heavy atom. The van der Waals surface area contributed by atoms with Crippen LogP contribution >= 0.6 is 11.6 Å². The minimum Gasteiger partial charge on any atom is -0.329 e. The summed E-state index contributed by atoms with van der Waals surface area (Å²) in [5.74, 6) is 0.106. The number of halogens is 1. The smallest absolute Gasteiger partial charge is 0.179 e. The molecule has 21 heavy (non-hydrogen) atoms. The highest BCUT2D eigenvalue weighted by Crippen LogP contribution is 2.16. The third-order valence-corrected chi connectivity index (χ3v) is 5.86. The van der Waals surface area contributed by atoms with Crippen molar-refractivity contribution in [3.8, 4) is 0 Å². The Morgan fingerprint density at radius 2 is 1.95 bits per heavy atom. The average molecular weight is 332 g/mol. The van der Waals surface area contributed by atoms with E-state index in [0.717, 1.165) is 19.6 Å². The highest BCUT2D eigenvalue weighted by Gasteiger charge is 2.25. The second-order valence-corrected chi connectivity index (χ2v) is 8.01. The average Bonchev–Trinajstić information content (AvgIpc) is 2.46. The number of rotatable bonds is 5. The zero-order valence-electron chi connectivity index (χ0n) is 12.2. The lowest BCUT2D eigenvalue weighted by atomic mass is 10.2. The molecule has 1 aromatic carbocycles. The second kappa shape index (κ2) is 7.07. The van der Waals surface area contributed by atoms with Gasteiger partial charge in [-0.15, -0.1) is 0 Å². The molecule has 1 aliphatic rings. The molecule has 1 unspecified atom stereocenters. The third kappa shape index (κ3) is 4.40. The van der Waals surface area contributed by atoms with Crippen molar-refractivity contribution in [1.82, 2.24) is 9.80 Å². The highest BCUT2D eigenvalue weighted by atomic mass is 35.5. The summed E-state index contributed by atoms with van der Waals surface area (Å²) in [5, 5.41) is 0.538. The summed E-state index contributed by atoms with van der Waals surface area (Å²) >= 11 is 5.79. The number of likely N-dealkylation sites (N-methyl/N-ethyl adjacent to an activating group) is 1. The van der Waals surface area contributed by atoms with Crippen molar-refractivity contribution in [3.63, 3.8) is 0 Å². The maximum atomic E-state index is 12.3. The fourth-order valence-corrected chi connectivity index (χ4v) is 3.95. The van der Waals surface area contributed by atoms with Gasteiger partial charge in [-0.2, -0.15) is 0 Å². The van der Waals surface area contributed by atoms with E-state index in [1.807, 2.05) is 0 Å². The van der Waals surface area contributed by atoms with Crippen LogP contribution in [0.25, 0.3) is 0 Å². The van der Waals surface area contributed by atoms with Gasteiger partial charge in [0.1, 0.15) is 0 Å². The molecule has 118 valence electrons. The summed E-state index contributed by atoms with van der Waals surface area (Å²) in [6.45, 7) is 3.75. The Labute approximate surface area is 131 Å². The van der Waals surface area contributed by atoms with E-state index in [-0.39, 0.29) is 11.8 Å². The van der Waals surface area contributed by atoms with E-state index < -0.39 is 9.84 Å². The number of hydrogen-bond acceptors (Lipinski definition) is 5. The van der Waals surface area contributed by atoms with Crippen molar-refractivity contribution >= 4 is 21.4 Å². The van der Waals surface area contributed by atoms with Crippen molar-refractivity contribution in [2.75, 3.05) is 45.5 Å². The van der Waals surface area contributed by atoms with Gasteiger partial charge in [0.25, 0.3) is 0 Å². The van der Waals surface area contributed by atoms with Crippen molar-refractivity contribution in [3.05, 3.63) is 29.3 Å². The lowest BCUT2D eigenvalue weighted by Gasteiger charge is -2.39. The molecule has 5 nitrogen and oxygen atoms in total. The molecule has 1 aliphatic heterocycles. The molecule has 1 atom stereocenters. The predicted molar refractivity (Wildman–Crippen MR) is 85.4 cm³/mol. The molecule has 0 spiro atoms. The number of nitrogens with zero attached hydrogens (tertiary/aromatic N) is 2. The molecule has 0 saturated carbocycles. The number of hydrogen-bond donors (Lipinski definition) is 1. The Balaban J connectivity index is 1.99. The molecule has 0 aromatic heterocycles. The first-order chi connectivity index (χ1) is 9.92. The van der Waals surface area contributed by atoms with Crippen molar-refractivity contribution in [1.29, 1.82) is 0 Å². The van der Waals surface area contributed by atoms with Gasteiger partial charge in [-0.05, 0) is 31.3 Å². The lowest BCUT2D eigenvalue weighted by molar-refractivity contribution is 0.100. The molecule has 0 bridgehead atoms. The predicted octanol–water partition coefficient (Wildman–Crippen LogP) is 0.688. The molecule has 1 heterocycles. The second-order valence-electron chi connectivity index (χ2n) is 5.46. The van der Waals surface area contributed by atoms with Gasteiger partial charge in [-0.25, -0.2) is 8.42 Å². The van der Waals surface area contributed by atoms with E-state index in [1.165, 1.54) is 0 Å². The molecule has 1 saturated heterocycles. The quantitative estimate of drug-likeness (QED) is 0.860. The van der Waals surface area contributed by atoms with E-state index in [2.05, 4.69) is 16.8 Å². The van der Waals surface area contributed by atoms with E-state index in [1.54, 1.807) is 24.3 Å². The van der Waals surface area contributed by atoms with Crippen LogP contribution in [0.5, 0.6) is 0 Å². The number of nitrogens with two attached hydrogens (primary N) is 1. The summed E-state index contributed by atoms with van der Waals surface area (Å²) in [6.07, 6.45) is 0. The van der Waals surface area contributed by atoms with E-state index in [4.69, 9.17) is 17.3 Å². The fourth-order valence-electron chi connectivity index (χ4n) is 2.56. The van der Waals surface area contributed by atoms with Crippen LogP contribution in [0.2, 0.25) is 5.02 Å². The van der Waals surface area contributed by atoms with Crippen molar-refractivity contribution in [2.45, 2.75) is 10.9 Å². The van der Waals surface area contributed by atoms with Crippen LogP contribution < -0.4 is 5.73 Å². The van der Waals surface area contributed by atoms with Crippen LogP contribution in [-0.4, -0.2) is 69.8 Å². The van der Waals surface area contributed by atoms with Crippen LogP contribution in [0, 0.1) is 0 Å². The Bertz CT molecular complexity index is 562. The number of sulfone groups is 1. The van der Waals surface area contributed by atoms with Crippen LogP contribution in [-0.2, 0) is 9.84 Å². The summed E-state index contributed by atoms with van der Waals surface area (Å²) < 4.78 is 24.7. The van der Waals surface area contributed by atoms with E-state index >= 15 is 0 Å². The molecule has 1 aromatic rings. The van der Waals surface area contributed by atoms with Gasteiger partial charge in [0.15, 0.2) is 9.84 Å². The Hall–Kier alpha value is -0.660. The maximum Gasteiger partial charge on any atom is 0.179 e. The fraction of sp³-hybridized carbons (Fsp3) is 0.571. The van der Waals surface area contributed by atoms with Crippen LogP contribution in [0.3, 0.4) is 0 Å². The standard InChI is InChI=1S/C14H22ClN3O2S/c1-17-6-7-18(13(10-16)11-17)8-9-21(19,20)14-4-2-12(15)3-5-14/h2-5,13H,6-11,16H2,1H3. The maximum absolute atomic E-state index is 12.3. The topological polar surface area (TPSA) is 66.6 Å². The van der Waals surface area contributed by atoms with E-state index in [9.17, 15) is 8.42 Å². The molecule has 0 radical (unpaired) electrons. The first-order valence-corrected chi connectivity index (χ1v) is 9.06. The normalized spacial score (nSPS) is 21.6. The Morgan fingerprint density at radius 3 is 2.57 bits per heavy atom. The van der Waals surface area contributed by atoms with E-state index in [0.29, 0.717) is 23.0 Å². The molecular formula is C14H22ClN3O2S. The molecule has 2 rings (SSSR count). The number of benzene rings is 1. The summed E-state index contributed by atoms with van der Waals surface area (Å²) in [5.41, 5.74) is 5.79. The summed E-state index contributed by atoms with van der Waals surface area (Å²) in [4.78, 5) is 4.72. The van der Waals surface area contributed by atoms with Crippen LogP contribution in [0.15, 0.2) is 29.2 Å². The van der Waals surface area contributed by atoms with Crippen LogP contribution in [0.4, 0.5) is 0 Å². The Kier molecular flexibility index (Phi) is 5.62. The van der Waals surface area contributed by atoms with Gasteiger partial charge in [0.2, 0.25) is 0 Å². The van der Waals surface area contributed by atoms with Crippen molar-refractivity contribution in [2.24, 2.45) is 5.73 Å². The minimum atomic E-state index is -3.28. The highest BCUT2D eigenvalue weighted by molar-refractivity contribution is 7.91. The summed E-state index contributed by atoms with van der Waals surface area (Å²) in [6, 6.07) is 6.55. The van der Waals surface area contributed by atoms with Crippen molar-refractivity contribution < 1.29 is 8.42 Å². The van der Waals surface area contributed by atoms with Gasteiger partial charge >= 0.3 is 0 Å². The molecular weight excluding hydrogens is 310 g/mol. The summed E-state index contributed by atoms with van der Waals surface area (Å²) in [7, 11) is -1.22. The molecule has 0 amide bonds. The monoisotopic (exact) mass is 331 g/mol. The zero-order valence-corrected chi connectivity index (χ0v) is 13.8. The lowest BCUT2D eigenvalue weighted by Crippen LogP contribution is -2.55. The molecule has 7 heteroatoms. The van der Waals surface area contributed by atoms with Gasteiger partial charge < -0.3 is 10.6 Å². The van der Waals surface area contributed by atoms with Crippen LogP contribution in [0.1, 0.15) is 0 Å². The largest absolute Gasteiger partial charge is 0.329 e. The SMILES string of the molecule is CN1CCN(CCS(=O)(=O)c2ccc(Cl)cc2)C(CN)C1. The number of piperazine rings is 1. The molecule has 0 aliphatic carbocycles. The molecule has 2 N–H and O–H groups in total.